The van der Waals surface area contributed by atoms with Gasteiger partial charge in [0.2, 0.25) is 0 Å². The second kappa shape index (κ2) is 9.02. The van der Waals surface area contributed by atoms with Crippen molar-refractivity contribution in [1.29, 1.82) is 0 Å². The van der Waals surface area contributed by atoms with Crippen molar-refractivity contribution in [2.24, 2.45) is 0 Å². The van der Waals surface area contributed by atoms with Crippen LogP contribution in [-0.4, -0.2) is 54.6 Å². The molecule has 1 aromatic heterocycles. The zero-order valence-corrected chi connectivity index (χ0v) is 18.2. The number of aryl methyl sites for hydroxylation is 1. The van der Waals surface area contributed by atoms with Gasteiger partial charge in [-0.05, 0) is 50.2 Å². The molecule has 1 fully saturated rings. The van der Waals surface area contributed by atoms with Gasteiger partial charge in [0, 0.05) is 54.9 Å². The third-order valence-corrected chi connectivity index (χ3v) is 6.06. The molecule has 1 aliphatic heterocycles. The normalized spacial score (nSPS) is 15.9. The highest BCUT2D eigenvalue weighted by atomic mass is 35.5. The quantitative estimate of drug-likeness (QED) is 0.671. The van der Waals surface area contributed by atoms with Crippen LogP contribution in [0.15, 0.2) is 54.6 Å². The van der Waals surface area contributed by atoms with Crippen LogP contribution in [0.4, 0.5) is 5.69 Å². The lowest BCUT2D eigenvalue weighted by Gasteiger charge is -2.39. The molecule has 0 spiro atoms. The topological polar surface area (TPSA) is 48.5 Å². The zero-order chi connectivity index (χ0) is 21.1. The zero-order valence-electron chi connectivity index (χ0n) is 17.4. The first-order chi connectivity index (χ1) is 14.5. The minimum atomic E-state index is -0.0864. The SMILES string of the molecule is Cc1nc2ccc(Cl)cc2cc1C(=O)NCC(C)N1CCN(c2ccccc2)CC1. The molecule has 1 aliphatic rings. The van der Waals surface area contributed by atoms with Crippen LogP contribution < -0.4 is 10.2 Å². The predicted octanol–water partition coefficient (Wildman–Crippen LogP) is 4.14. The first kappa shape index (κ1) is 20.6. The summed E-state index contributed by atoms with van der Waals surface area (Å²) in [5, 5.41) is 4.61. The molecule has 30 heavy (non-hydrogen) atoms. The average molecular weight is 423 g/mol. The van der Waals surface area contributed by atoms with E-state index in [1.807, 2.05) is 37.3 Å². The Labute approximate surface area is 182 Å². The number of aromatic nitrogens is 1. The maximum absolute atomic E-state index is 12.8. The lowest BCUT2D eigenvalue weighted by atomic mass is 10.1. The van der Waals surface area contributed by atoms with Crippen molar-refractivity contribution in [3.63, 3.8) is 0 Å². The molecule has 156 valence electrons. The molecule has 0 bridgehead atoms. The summed E-state index contributed by atoms with van der Waals surface area (Å²) in [5.74, 6) is -0.0864. The van der Waals surface area contributed by atoms with Crippen LogP contribution in [0.2, 0.25) is 5.02 Å². The van der Waals surface area contributed by atoms with Crippen molar-refractivity contribution in [2.45, 2.75) is 19.9 Å². The third-order valence-electron chi connectivity index (χ3n) is 5.83. The number of halogens is 1. The molecular weight excluding hydrogens is 396 g/mol. The first-order valence-corrected chi connectivity index (χ1v) is 10.8. The van der Waals surface area contributed by atoms with Crippen molar-refractivity contribution < 1.29 is 4.79 Å². The number of nitrogens with one attached hydrogen (secondary N) is 1. The fourth-order valence-electron chi connectivity index (χ4n) is 4.00. The highest BCUT2D eigenvalue weighted by molar-refractivity contribution is 6.31. The van der Waals surface area contributed by atoms with Gasteiger partial charge in [0.25, 0.3) is 5.91 Å². The number of hydrogen-bond donors (Lipinski definition) is 1. The molecule has 1 unspecified atom stereocenters. The molecule has 0 aliphatic carbocycles. The smallest absolute Gasteiger partial charge is 0.253 e. The lowest BCUT2D eigenvalue weighted by Crippen LogP contribution is -2.52. The summed E-state index contributed by atoms with van der Waals surface area (Å²) in [4.78, 5) is 22.2. The van der Waals surface area contributed by atoms with E-state index in [-0.39, 0.29) is 11.9 Å². The van der Waals surface area contributed by atoms with E-state index in [4.69, 9.17) is 11.6 Å². The molecule has 2 heterocycles. The predicted molar refractivity (Wildman–Crippen MR) is 124 cm³/mol. The largest absolute Gasteiger partial charge is 0.369 e. The third kappa shape index (κ3) is 4.58. The van der Waals surface area contributed by atoms with E-state index in [9.17, 15) is 4.79 Å². The summed E-state index contributed by atoms with van der Waals surface area (Å²) in [6.07, 6.45) is 0. The number of hydrogen-bond acceptors (Lipinski definition) is 4. The Hall–Kier alpha value is -2.63. The van der Waals surface area contributed by atoms with Gasteiger partial charge in [0.15, 0.2) is 0 Å². The molecular formula is C24H27ClN4O. The van der Waals surface area contributed by atoms with Gasteiger partial charge in [-0.25, -0.2) is 0 Å². The molecule has 5 nitrogen and oxygen atoms in total. The number of amides is 1. The Kier molecular flexibility index (Phi) is 6.21. The van der Waals surface area contributed by atoms with Crippen molar-refractivity contribution >= 4 is 34.1 Å². The minimum Gasteiger partial charge on any atom is -0.369 e. The maximum Gasteiger partial charge on any atom is 0.253 e. The van der Waals surface area contributed by atoms with Crippen molar-refractivity contribution in [1.82, 2.24) is 15.2 Å². The summed E-state index contributed by atoms with van der Waals surface area (Å²) in [6.45, 7) is 8.62. The summed E-state index contributed by atoms with van der Waals surface area (Å²) < 4.78 is 0. The average Bonchev–Trinajstić information content (AvgIpc) is 2.77. The summed E-state index contributed by atoms with van der Waals surface area (Å²) in [7, 11) is 0. The van der Waals surface area contributed by atoms with Crippen LogP contribution in [0.25, 0.3) is 10.9 Å². The molecule has 4 rings (SSSR count). The fraction of sp³-hybridized carbons (Fsp3) is 0.333. The van der Waals surface area contributed by atoms with Gasteiger partial charge in [-0.2, -0.15) is 0 Å². The number of carbonyl (C=O) groups is 1. The van der Waals surface area contributed by atoms with Gasteiger partial charge in [-0.3, -0.25) is 14.7 Å². The molecule has 0 saturated carbocycles. The minimum absolute atomic E-state index is 0.0864. The number of carbonyl (C=O) groups excluding carboxylic acids is 1. The molecule has 1 amide bonds. The summed E-state index contributed by atoms with van der Waals surface area (Å²) >= 11 is 6.09. The number of rotatable bonds is 5. The molecule has 1 atom stereocenters. The summed E-state index contributed by atoms with van der Waals surface area (Å²) in [5.41, 5.74) is 3.45. The number of nitrogens with zero attached hydrogens (tertiary/aromatic N) is 3. The molecule has 1 N–H and O–H groups in total. The van der Waals surface area contributed by atoms with Crippen LogP contribution in [0, 0.1) is 6.92 Å². The van der Waals surface area contributed by atoms with Crippen LogP contribution >= 0.6 is 11.6 Å². The number of fused-ring (bicyclic) bond motifs is 1. The molecule has 3 aromatic rings. The molecule has 0 radical (unpaired) electrons. The van der Waals surface area contributed by atoms with Gasteiger partial charge in [-0.15, -0.1) is 0 Å². The number of para-hydroxylation sites is 1. The number of pyridine rings is 1. The maximum atomic E-state index is 12.8. The van der Waals surface area contributed by atoms with Gasteiger partial charge in [0.05, 0.1) is 16.8 Å². The van der Waals surface area contributed by atoms with E-state index in [0.29, 0.717) is 17.1 Å². The number of anilines is 1. The highest BCUT2D eigenvalue weighted by Gasteiger charge is 2.22. The van der Waals surface area contributed by atoms with E-state index in [0.717, 1.165) is 42.8 Å². The molecule has 6 heteroatoms. The van der Waals surface area contributed by atoms with Crippen molar-refractivity contribution in [3.8, 4) is 0 Å². The Bertz CT molecular complexity index is 1030. The van der Waals surface area contributed by atoms with Crippen molar-refractivity contribution in [2.75, 3.05) is 37.6 Å². The Morgan fingerprint density at radius 2 is 1.83 bits per heavy atom. The van der Waals surface area contributed by atoms with E-state index in [1.165, 1.54) is 5.69 Å². The Morgan fingerprint density at radius 1 is 1.10 bits per heavy atom. The van der Waals surface area contributed by atoms with E-state index in [1.54, 1.807) is 0 Å². The Balaban J connectivity index is 1.34. The monoisotopic (exact) mass is 422 g/mol. The lowest BCUT2D eigenvalue weighted by molar-refractivity contribution is 0.0933. The van der Waals surface area contributed by atoms with Crippen LogP contribution in [-0.2, 0) is 0 Å². The fourth-order valence-corrected chi connectivity index (χ4v) is 4.18. The summed E-state index contributed by atoms with van der Waals surface area (Å²) in [6, 6.07) is 18.2. The van der Waals surface area contributed by atoms with Gasteiger partial charge < -0.3 is 10.2 Å². The van der Waals surface area contributed by atoms with Gasteiger partial charge >= 0.3 is 0 Å². The Morgan fingerprint density at radius 3 is 2.57 bits per heavy atom. The second-order valence-corrected chi connectivity index (χ2v) is 8.31. The first-order valence-electron chi connectivity index (χ1n) is 10.4. The van der Waals surface area contributed by atoms with E-state index < -0.39 is 0 Å². The van der Waals surface area contributed by atoms with E-state index >= 15 is 0 Å². The number of benzene rings is 2. The van der Waals surface area contributed by atoms with Crippen LogP contribution in [0.5, 0.6) is 0 Å². The van der Waals surface area contributed by atoms with Gasteiger partial charge in [-0.1, -0.05) is 29.8 Å². The standard InChI is InChI=1S/C24H27ClN4O/c1-17(28-10-12-29(13-11-28)21-6-4-3-5-7-21)16-26-24(30)22-15-19-14-20(25)8-9-23(19)27-18(22)2/h3-9,14-15,17H,10-13,16H2,1-2H3,(H,26,30). The highest BCUT2D eigenvalue weighted by Crippen LogP contribution is 2.21. The van der Waals surface area contributed by atoms with Crippen LogP contribution in [0.3, 0.4) is 0 Å². The number of piperazine rings is 1. The second-order valence-electron chi connectivity index (χ2n) is 7.88. The van der Waals surface area contributed by atoms with Crippen molar-refractivity contribution in [3.05, 3.63) is 70.9 Å². The molecule has 1 saturated heterocycles. The van der Waals surface area contributed by atoms with Crippen LogP contribution in [0.1, 0.15) is 23.0 Å². The molecule has 2 aromatic carbocycles. The van der Waals surface area contributed by atoms with Gasteiger partial charge in [0.1, 0.15) is 0 Å². The van der Waals surface area contributed by atoms with E-state index in [2.05, 4.69) is 51.3 Å².